The maximum absolute atomic E-state index is 11.6. The van der Waals surface area contributed by atoms with Crippen molar-refractivity contribution >= 4 is 5.91 Å². The molecule has 15 heavy (non-hydrogen) atoms. The van der Waals surface area contributed by atoms with E-state index in [1.807, 2.05) is 13.8 Å². The van der Waals surface area contributed by atoms with Crippen LogP contribution in [0.15, 0.2) is 0 Å². The largest absolute Gasteiger partial charge is 0.396 e. The minimum absolute atomic E-state index is 0.0344. The Bertz CT molecular complexity index is 181. The van der Waals surface area contributed by atoms with Crippen molar-refractivity contribution in [2.45, 2.75) is 45.1 Å². The van der Waals surface area contributed by atoms with Crippen LogP contribution in [0.1, 0.15) is 39.5 Å². The molecule has 4 heteroatoms. The van der Waals surface area contributed by atoms with Gasteiger partial charge in [0.15, 0.2) is 0 Å². The maximum Gasteiger partial charge on any atom is 0.239 e. The third kappa shape index (κ3) is 6.47. The Kier molecular flexibility index (Phi) is 7.34. The molecule has 90 valence electrons. The van der Waals surface area contributed by atoms with Crippen molar-refractivity contribution in [2.75, 3.05) is 20.2 Å². The Hall–Kier alpha value is -0.610. The standard InChI is InChI=1S/C11H24N2O2/c1-11(2,12-3)10(15)13-8-6-4-5-7-9-14/h12,14H,4-9H2,1-3H3,(H,13,15). The van der Waals surface area contributed by atoms with E-state index in [4.69, 9.17) is 5.11 Å². The first-order valence-electron chi connectivity index (χ1n) is 5.62. The molecular weight excluding hydrogens is 192 g/mol. The Morgan fingerprint density at radius 2 is 1.80 bits per heavy atom. The Labute approximate surface area is 92.4 Å². The Balaban J connectivity index is 3.47. The lowest BCUT2D eigenvalue weighted by Crippen LogP contribution is -2.51. The van der Waals surface area contributed by atoms with Crippen LogP contribution in [0, 0.1) is 0 Å². The molecule has 3 N–H and O–H groups in total. The molecule has 0 fully saturated rings. The molecule has 0 aliphatic rings. The van der Waals surface area contributed by atoms with E-state index in [-0.39, 0.29) is 12.5 Å². The van der Waals surface area contributed by atoms with E-state index >= 15 is 0 Å². The van der Waals surface area contributed by atoms with E-state index in [1.54, 1.807) is 7.05 Å². The lowest BCUT2D eigenvalue weighted by Gasteiger charge is -2.22. The molecule has 1 amide bonds. The molecule has 0 atom stereocenters. The third-order valence-corrected chi connectivity index (χ3v) is 2.56. The molecule has 0 spiro atoms. The van der Waals surface area contributed by atoms with Gasteiger partial charge in [-0.1, -0.05) is 12.8 Å². The second kappa shape index (κ2) is 7.65. The van der Waals surface area contributed by atoms with Crippen LogP contribution >= 0.6 is 0 Å². The second-order valence-corrected chi connectivity index (χ2v) is 4.27. The Morgan fingerprint density at radius 3 is 2.33 bits per heavy atom. The number of carbonyl (C=O) groups is 1. The highest BCUT2D eigenvalue weighted by Crippen LogP contribution is 2.01. The molecule has 0 heterocycles. The zero-order valence-electron chi connectivity index (χ0n) is 10.1. The summed E-state index contributed by atoms with van der Waals surface area (Å²) in [6.07, 6.45) is 3.92. The van der Waals surface area contributed by atoms with Gasteiger partial charge >= 0.3 is 0 Å². The van der Waals surface area contributed by atoms with Crippen molar-refractivity contribution < 1.29 is 9.90 Å². The lowest BCUT2D eigenvalue weighted by atomic mass is 10.1. The van der Waals surface area contributed by atoms with Gasteiger partial charge in [-0.2, -0.15) is 0 Å². The number of aliphatic hydroxyl groups excluding tert-OH is 1. The fourth-order valence-corrected chi connectivity index (χ4v) is 1.13. The number of nitrogens with one attached hydrogen (secondary N) is 2. The van der Waals surface area contributed by atoms with Crippen LogP contribution in [-0.2, 0) is 4.79 Å². The number of rotatable bonds is 8. The molecule has 0 rings (SSSR count). The van der Waals surface area contributed by atoms with Gasteiger partial charge in [0.1, 0.15) is 0 Å². The van der Waals surface area contributed by atoms with Gasteiger partial charge in [-0.15, -0.1) is 0 Å². The van der Waals surface area contributed by atoms with Crippen molar-refractivity contribution in [3.63, 3.8) is 0 Å². The molecule has 0 unspecified atom stereocenters. The first kappa shape index (κ1) is 14.4. The monoisotopic (exact) mass is 216 g/mol. The fourth-order valence-electron chi connectivity index (χ4n) is 1.13. The molecule has 0 aromatic heterocycles. The lowest BCUT2D eigenvalue weighted by molar-refractivity contribution is -0.126. The number of carbonyl (C=O) groups excluding carboxylic acids is 1. The number of amides is 1. The molecule has 0 saturated heterocycles. The van der Waals surface area contributed by atoms with Crippen molar-refractivity contribution in [3.8, 4) is 0 Å². The van der Waals surface area contributed by atoms with E-state index in [1.165, 1.54) is 0 Å². The summed E-state index contributed by atoms with van der Waals surface area (Å²) in [5, 5.41) is 14.4. The van der Waals surface area contributed by atoms with Gasteiger partial charge in [0.05, 0.1) is 5.54 Å². The second-order valence-electron chi connectivity index (χ2n) is 4.27. The summed E-state index contributed by atoms with van der Waals surface area (Å²) in [6.45, 7) is 4.69. The van der Waals surface area contributed by atoms with Crippen molar-refractivity contribution in [1.82, 2.24) is 10.6 Å². The molecule has 0 aliphatic carbocycles. The van der Waals surface area contributed by atoms with Gasteiger partial charge in [0.25, 0.3) is 0 Å². The Morgan fingerprint density at radius 1 is 1.20 bits per heavy atom. The smallest absolute Gasteiger partial charge is 0.239 e. The van der Waals surface area contributed by atoms with Gasteiger partial charge in [-0.25, -0.2) is 0 Å². The minimum Gasteiger partial charge on any atom is -0.396 e. The van der Waals surface area contributed by atoms with Crippen molar-refractivity contribution in [2.24, 2.45) is 0 Å². The summed E-state index contributed by atoms with van der Waals surface area (Å²) in [6, 6.07) is 0. The van der Waals surface area contributed by atoms with Crippen LogP contribution in [0.2, 0.25) is 0 Å². The highest BCUT2D eigenvalue weighted by molar-refractivity contribution is 5.85. The molecule has 0 aromatic rings. The average Bonchev–Trinajstić information content (AvgIpc) is 2.22. The number of hydrogen-bond donors (Lipinski definition) is 3. The quantitative estimate of drug-likeness (QED) is 0.522. The van der Waals surface area contributed by atoms with Crippen LogP contribution in [0.3, 0.4) is 0 Å². The minimum atomic E-state index is -0.495. The topological polar surface area (TPSA) is 61.4 Å². The van der Waals surface area contributed by atoms with Crippen LogP contribution in [0.5, 0.6) is 0 Å². The van der Waals surface area contributed by atoms with Crippen LogP contribution < -0.4 is 10.6 Å². The van der Waals surface area contributed by atoms with Crippen LogP contribution in [-0.4, -0.2) is 36.8 Å². The number of hydrogen-bond acceptors (Lipinski definition) is 3. The van der Waals surface area contributed by atoms with Gasteiger partial charge in [-0.3, -0.25) is 4.79 Å². The predicted molar refractivity (Wildman–Crippen MR) is 61.7 cm³/mol. The highest BCUT2D eigenvalue weighted by Gasteiger charge is 2.24. The van der Waals surface area contributed by atoms with Crippen molar-refractivity contribution in [1.29, 1.82) is 0 Å². The molecule has 0 radical (unpaired) electrons. The molecule has 0 aliphatic heterocycles. The van der Waals surface area contributed by atoms with Crippen LogP contribution in [0.25, 0.3) is 0 Å². The number of unbranched alkanes of at least 4 members (excludes halogenated alkanes) is 3. The van der Waals surface area contributed by atoms with Crippen LogP contribution in [0.4, 0.5) is 0 Å². The first-order chi connectivity index (χ1) is 7.04. The van der Waals surface area contributed by atoms with E-state index in [9.17, 15) is 4.79 Å². The predicted octanol–water partition coefficient (Wildman–Crippen LogP) is 0.653. The van der Waals surface area contributed by atoms with E-state index < -0.39 is 5.54 Å². The van der Waals surface area contributed by atoms with E-state index in [0.29, 0.717) is 0 Å². The van der Waals surface area contributed by atoms with Crippen molar-refractivity contribution in [3.05, 3.63) is 0 Å². The summed E-state index contributed by atoms with van der Waals surface area (Å²) in [5.41, 5.74) is -0.495. The van der Waals surface area contributed by atoms with Gasteiger partial charge < -0.3 is 15.7 Å². The van der Waals surface area contributed by atoms with E-state index in [0.717, 1.165) is 32.2 Å². The summed E-state index contributed by atoms with van der Waals surface area (Å²) < 4.78 is 0. The van der Waals surface area contributed by atoms with Gasteiger partial charge in [-0.05, 0) is 33.7 Å². The SMILES string of the molecule is CNC(C)(C)C(=O)NCCCCCCO. The zero-order chi connectivity index (χ0) is 11.7. The number of likely N-dealkylation sites (N-methyl/N-ethyl adjacent to an activating group) is 1. The highest BCUT2D eigenvalue weighted by atomic mass is 16.2. The van der Waals surface area contributed by atoms with Gasteiger partial charge in [0.2, 0.25) is 5.91 Å². The average molecular weight is 216 g/mol. The summed E-state index contributed by atoms with van der Waals surface area (Å²) >= 11 is 0. The summed E-state index contributed by atoms with van der Waals surface area (Å²) in [5.74, 6) is 0.0344. The first-order valence-corrected chi connectivity index (χ1v) is 5.62. The molecule has 0 saturated carbocycles. The fraction of sp³-hybridized carbons (Fsp3) is 0.909. The number of aliphatic hydroxyl groups is 1. The molecule has 0 aromatic carbocycles. The molecule has 4 nitrogen and oxygen atoms in total. The molecular formula is C11H24N2O2. The maximum atomic E-state index is 11.6. The third-order valence-electron chi connectivity index (χ3n) is 2.56. The van der Waals surface area contributed by atoms with E-state index in [2.05, 4.69) is 10.6 Å². The normalized spacial score (nSPS) is 11.5. The van der Waals surface area contributed by atoms with Gasteiger partial charge in [0, 0.05) is 13.2 Å². The summed E-state index contributed by atoms with van der Waals surface area (Å²) in [7, 11) is 1.78. The summed E-state index contributed by atoms with van der Waals surface area (Å²) in [4.78, 5) is 11.6. The molecule has 0 bridgehead atoms. The zero-order valence-corrected chi connectivity index (χ0v) is 10.1.